The third-order valence-corrected chi connectivity index (χ3v) is 13.6. The Morgan fingerprint density at radius 3 is 1.35 bits per heavy atom. The van der Waals surface area contributed by atoms with Gasteiger partial charge in [0.05, 0.1) is 12.1 Å². The van der Waals surface area contributed by atoms with Gasteiger partial charge in [-0.15, -0.1) is 0 Å². The van der Waals surface area contributed by atoms with Gasteiger partial charge in [-0.3, -0.25) is 24.0 Å². The molecule has 0 saturated carbocycles. The number of rotatable bonds is 26. The van der Waals surface area contributed by atoms with Gasteiger partial charge >= 0.3 is 0 Å². The van der Waals surface area contributed by atoms with Crippen LogP contribution >= 0.6 is 0 Å². The number of carbonyl (C=O) groups is 5. The van der Waals surface area contributed by atoms with Crippen molar-refractivity contribution >= 4 is 29.5 Å². The number of hydrogen-bond donors (Lipinski definition) is 4. The van der Waals surface area contributed by atoms with Gasteiger partial charge in [0.1, 0.15) is 6.04 Å². The molecule has 0 bridgehead atoms. The predicted octanol–water partition coefficient (Wildman–Crippen LogP) is 7.37. The summed E-state index contributed by atoms with van der Waals surface area (Å²) in [5, 5.41) is 12.8. The van der Waals surface area contributed by atoms with Gasteiger partial charge in [-0.25, -0.2) is 0 Å². The number of carbonyl (C=O) groups excluding carboxylic acids is 5. The van der Waals surface area contributed by atoms with Crippen LogP contribution in [0.4, 0.5) is 0 Å². The first-order valence-corrected chi connectivity index (χ1v) is 25.6. The lowest BCUT2D eigenvalue weighted by Crippen LogP contribution is -2.59. The number of nitrogens with zero attached hydrogens (tertiary/aromatic N) is 4. The van der Waals surface area contributed by atoms with E-state index in [-0.39, 0.29) is 69.9 Å². The highest BCUT2D eigenvalue weighted by molar-refractivity contribution is 5.90. The second-order valence-corrected chi connectivity index (χ2v) is 24.3. The van der Waals surface area contributed by atoms with Crippen molar-refractivity contribution in [2.45, 2.75) is 223 Å². The first-order valence-electron chi connectivity index (χ1n) is 25.6. The topological polar surface area (TPSA) is 146 Å². The lowest BCUT2D eigenvalue weighted by Gasteiger charge is -2.38. The van der Waals surface area contributed by atoms with Gasteiger partial charge in [0.15, 0.2) is 0 Å². The summed E-state index contributed by atoms with van der Waals surface area (Å²) in [6, 6.07) is -1.18. The van der Waals surface area contributed by atoms with E-state index < -0.39 is 17.5 Å². The fraction of sp³-hybridized carbons (Fsp3) is 0.904. The molecule has 13 nitrogen and oxygen atoms in total. The molecule has 2 saturated heterocycles. The van der Waals surface area contributed by atoms with Crippen LogP contribution in [0.2, 0.25) is 0 Å². The number of hydrogen-bond acceptors (Lipinski definition) is 8. The summed E-state index contributed by atoms with van der Waals surface area (Å²) in [7, 11) is 3.67. The molecule has 0 aromatic carbocycles. The fourth-order valence-corrected chi connectivity index (χ4v) is 8.83. The van der Waals surface area contributed by atoms with Gasteiger partial charge in [0.25, 0.3) is 0 Å². The highest BCUT2D eigenvalue weighted by atomic mass is 16.2. The van der Waals surface area contributed by atoms with E-state index >= 15 is 0 Å². The lowest BCUT2D eigenvalue weighted by atomic mass is 9.85. The molecule has 0 spiro atoms. The monoisotopic (exact) mass is 917 g/mol. The molecular weight excluding hydrogens is 817 g/mol. The average molecular weight is 917 g/mol. The van der Waals surface area contributed by atoms with Crippen LogP contribution in [0.1, 0.15) is 187 Å². The molecule has 6 atom stereocenters. The molecule has 0 aliphatic carbocycles. The Kier molecular flexibility index (Phi) is 24.0. The van der Waals surface area contributed by atoms with E-state index in [1.807, 2.05) is 42.5 Å². The van der Waals surface area contributed by atoms with Gasteiger partial charge in [0.2, 0.25) is 29.5 Å². The maximum atomic E-state index is 14.1. The maximum Gasteiger partial charge on any atom is 0.246 e. The minimum absolute atomic E-state index is 0.0267. The highest BCUT2D eigenvalue weighted by Crippen LogP contribution is 2.29. The molecule has 2 aliphatic rings. The Hall–Kier alpha value is -2.77. The smallest absolute Gasteiger partial charge is 0.246 e. The molecule has 2 rings (SSSR count). The summed E-state index contributed by atoms with van der Waals surface area (Å²) in [6.45, 7) is 34.0. The van der Waals surface area contributed by atoms with Crippen LogP contribution in [0.5, 0.6) is 0 Å². The molecule has 0 radical (unpaired) electrons. The van der Waals surface area contributed by atoms with Crippen LogP contribution in [-0.4, -0.2) is 145 Å². The van der Waals surface area contributed by atoms with E-state index in [0.717, 1.165) is 83.6 Å². The van der Waals surface area contributed by atoms with Crippen LogP contribution < -0.4 is 21.3 Å². The van der Waals surface area contributed by atoms with Crippen LogP contribution in [0.3, 0.4) is 0 Å². The summed E-state index contributed by atoms with van der Waals surface area (Å²) < 4.78 is 0. The molecule has 2 heterocycles. The molecule has 0 aromatic heterocycles. The maximum absolute atomic E-state index is 14.1. The zero-order valence-corrected chi connectivity index (χ0v) is 44.6. The van der Waals surface area contributed by atoms with Crippen molar-refractivity contribution in [2.75, 3.05) is 59.9 Å². The largest absolute Gasteiger partial charge is 0.342 e. The van der Waals surface area contributed by atoms with Gasteiger partial charge in [-0.05, 0) is 101 Å². The Morgan fingerprint density at radius 2 is 0.985 bits per heavy atom. The quantitative estimate of drug-likeness (QED) is 0.0659. The van der Waals surface area contributed by atoms with E-state index in [0.29, 0.717) is 52.1 Å². The van der Waals surface area contributed by atoms with Crippen LogP contribution in [-0.2, 0) is 24.0 Å². The third kappa shape index (κ3) is 21.0. The predicted molar refractivity (Wildman–Crippen MR) is 267 cm³/mol. The van der Waals surface area contributed by atoms with Gasteiger partial charge < -0.3 is 40.9 Å². The van der Waals surface area contributed by atoms with E-state index in [1.165, 1.54) is 0 Å². The standard InChI is InChI=1S/C52H100N8O5/c1-38(53-15)35-55-44(51(9,10)11)47(64)59-31-23-25-40(59)36-57(33-29-49(3,4)5)42(61)27-21-19-17-18-20-22-28-43(62)58(34-30-50(6,7)8)37-41-26-24-32-60(41)48(65)45(52(12,13)14)56-46(63)39(2)54-16/h38-41,44-45,53-55H,17-37H2,1-16H3,(H,56,63)/t38-,39-,40-,41-,44+,45+/m0/s1. The van der Waals surface area contributed by atoms with E-state index in [4.69, 9.17) is 0 Å². The first kappa shape index (κ1) is 58.4. The van der Waals surface area contributed by atoms with Crippen LogP contribution in [0, 0.1) is 21.7 Å². The summed E-state index contributed by atoms with van der Waals surface area (Å²) in [5.74, 6) is 0.211. The molecule has 2 aliphatic heterocycles. The SMILES string of the molecule is CN[C@@H](C)C(=O)N[C@H](C(=O)N1CCC[C@H]1CN(CCC(C)(C)C)C(=O)CCCCCCCCC(=O)N(CCC(C)(C)C)C[C@@H]1CCCN1C(=O)[C@@H](NC[C@H](C)NC)C(C)(C)C)C(C)(C)C. The van der Waals surface area contributed by atoms with E-state index in [1.54, 1.807) is 14.0 Å². The minimum atomic E-state index is -0.664. The first-order chi connectivity index (χ1) is 30.1. The second kappa shape index (κ2) is 26.7. The number of unbranched alkanes of at least 4 members (excludes halogenated alkanes) is 5. The Balaban J connectivity index is 1.97. The summed E-state index contributed by atoms with van der Waals surface area (Å²) >= 11 is 0. The summed E-state index contributed by atoms with van der Waals surface area (Å²) in [6.07, 6.45) is 12.0. The van der Waals surface area contributed by atoms with Crippen LogP contribution in [0.15, 0.2) is 0 Å². The van der Waals surface area contributed by atoms with Crippen molar-refractivity contribution in [3.05, 3.63) is 0 Å². The Labute approximate surface area is 397 Å². The lowest BCUT2D eigenvalue weighted by molar-refractivity contribution is -0.142. The summed E-state index contributed by atoms with van der Waals surface area (Å²) in [4.78, 5) is 76.9. The molecule has 13 heteroatoms. The van der Waals surface area contributed by atoms with Crippen molar-refractivity contribution in [2.24, 2.45) is 21.7 Å². The number of likely N-dealkylation sites (N-methyl/N-ethyl adjacent to an activating group) is 2. The molecule has 4 N–H and O–H groups in total. The van der Waals surface area contributed by atoms with Gasteiger partial charge in [-0.1, -0.05) is 109 Å². The number of nitrogens with one attached hydrogen (secondary N) is 4. The molecule has 65 heavy (non-hydrogen) atoms. The molecule has 0 unspecified atom stereocenters. The zero-order valence-electron chi connectivity index (χ0n) is 44.6. The second-order valence-electron chi connectivity index (χ2n) is 24.3. The molecule has 5 amide bonds. The summed E-state index contributed by atoms with van der Waals surface area (Å²) in [5.41, 5.74) is -0.561. The minimum Gasteiger partial charge on any atom is -0.342 e. The van der Waals surface area contributed by atoms with Gasteiger partial charge in [-0.2, -0.15) is 0 Å². The Bertz CT molecular complexity index is 1480. The van der Waals surface area contributed by atoms with Crippen LogP contribution in [0.25, 0.3) is 0 Å². The highest BCUT2D eigenvalue weighted by Gasteiger charge is 2.42. The van der Waals surface area contributed by atoms with E-state index in [9.17, 15) is 24.0 Å². The number of likely N-dealkylation sites (tertiary alicyclic amines) is 2. The molecule has 2 fully saturated rings. The van der Waals surface area contributed by atoms with Crippen molar-refractivity contribution in [1.82, 2.24) is 40.9 Å². The van der Waals surface area contributed by atoms with Crippen molar-refractivity contribution < 1.29 is 24.0 Å². The average Bonchev–Trinajstić information content (AvgIpc) is 3.88. The molecule has 378 valence electrons. The Morgan fingerprint density at radius 1 is 0.585 bits per heavy atom. The molecular formula is C52H100N8O5. The zero-order chi connectivity index (χ0) is 49.3. The van der Waals surface area contributed by atoms with E-state index in [2.05, 4.69) is 95.4 Å². The third-order valence-electron chi connectivity index (χ3n) is 13.6. The van der Waals surface area contributed by atoms with Crippen molar-refractivity contribution in [3.8, 4) is 0 Å². The normalized spacial score (nSPS) is 19.2. The van der Waals surface area contributed by atoms with Crippen molar-refractivity contribution in [3.63, 3.8) is 0 Å². The fourth-order valence-electron chi connectivity index (χ4n) is 8.83. The molecule has 0 aromatic rings. The van der Waals surface area contributed by atoms with Crippen molar-refractivity contribution in [1.29, 1.82) is 0 Å². The number of amides is 5. The van der Waals surface area contributed by atoms with Gasteiger partial charge in [0, 0.05) is 76.8 Å².